The fraction of sp³-hybridized carbons (Fsp3) is 0.286. The number of alkyl halides is 2. The Morgan fingerprint density at radius 2 is 1.69 bits per heavy atom. The first-order chi connectivity index (χ1) is 20.1. The molecule has 1 saturated heterocycles. The molecule has 0 spiro atoms. The fourth-order valence-electron chi connectivity index (χ4n) is 4.92. The van der Waals surface area contributed by atoms with Crippen LogP contribution < -0.4 is 15.2 Å². The monoisotopic (exact) mass is 604 g/mol. The highest BCUT2D eigenvalue weighted by Gasteiger charge is 2.26. The molecule has 0 radical (unpaired) electrons. The minimum atomic E-state index is -4.25. The van der Waals surface area contributed by atoms with E-state index < -0.39 is 45.7 Å². The van der Waals surface area contributed by atoms with E-state index in [9.17, 15) is 30.8 Å². The number of likely N-dealkylation sites (N-methyl/N-ethyl adjacent to an activating group) is 1. The average molecular weight is 605 g/mol. The molecule has 3 aromatic carbocycles. The van der Waals surface area contributed by atoms with Crippen molar-refractivity contribution in [2.24, 2.45) is 0 Å². The Hall–Kier alpha value is -4.17. The summed E-state index contributed by atoms with van der Waals surface area (Å²) in [6.45, 7) is 0.679. The van der Waals surface area contributed by atoms with E-state index >= 15 is 0 Å². The van der Waals surface area contributed by atoms with Crippen LogP contribution in [-0.4, -0.2) is 82.4 Å². The number of sulfone groups is 1. The third kappa shape index (κ3) is 5.77. The van der Waals surface area contributed by atoms with E-state index in [1.165, 1.54) is 34.1 Å². The van der Waals surface area contributed by atoms with Crippen LogP contribution in [0.3, 0.4) is 0 Å². The number of aromatic nitrogens is 2. The number of hydrogen-bond donors (Lipinski definition) is 1. The van der Waals surface area contributed by atoms with Crippen LogP contribution in [0.4, 0.5) is 28.9 Å². The van der Waals surface area contributed by atoms with Gasteiger partial charge in [-0.05, 0) is 49.5 Å². The topological polar surface area (TPSA) is 90.8 Å². The van der Waals surface area contributed by atoms with Crippen molar-refractivity contribution in [1.29, 1.82) is 0 Å². The van der Waals surface area contributed by atoms with Crippen molar-refractivity contribution in [2.45, 2.75) is 9.79 Å². The minimum absolute atomic E-state index is 0.181. The molecule has 222 valence electrons. The van der Waals surface area contributed by atoms with Gasteiger partial charge in [0.2, 0.25) is 9.84 Å². The van der Waals surface area contributed by atoms with Crippen molar-refractivity contribution in [3.05, 3.63) is 78.0 Å². The number of fused-ring (bicyclic) bond motifs is 1. The quantitative estimate of drug-likeness (QED) is 0.228. The average Bonchev–Trinajstić information content (AvgIpc) is 3.37. The van der Waals surface area contributed by atoms with E-state index in [0.717, 1.165) is 12.1 Å². The molecule has 0 aliphatic carbocycles. The molecular formula is C28H28F4N6O3S. The first-order valence-electron chi connectivity index (χ1n) is 13.1. The van der Waals surface area contributed by atoms with E-state index in [2.05, 4.69) is 15.4 Å². The molecular weight excluding hydrogens is 576 g/mol. The zero-order valence-electron chi connectivity index (χ0n) is 22.6. The van der Waals surface area contributed by atoms with Gasteiger partial charge in [0.25, 0.3) is 5.91 Å². The van der Waals surface area contributed by atoms with Crippen LogP contribution in [0, 0.1) is 11.6 Å². The van der Waals surface area contributed by atoms with E-state index in [1.54, 1.807) is 18.2 Å². The van der Waals surface area contributed by atoms with Crippen molar-refractivity contribution < 1.29 is 30.8 Å². The van der Waals surface area contributed by atoms with Gasteiger partial charge < -0.3 is 14.7 Å². The Kier molecular flexibility index (Phi) is 8.36. The predicted molar refractivity (Wildman–Crippen MR) is 151 cm³/mol. The second-order valence-electron chi connectivity index (χ2n) is 9.86. The molecule has 0 saturated carbocycles. The van der Waals surface area contributed by atoms with Gasteiger partial charge in [-0.15, -0.1) is 0 Å². The van der Waals surface area contributed by atoms with Crippen LogP contribution in [-0.2, 0) is 9.84 Å². The van der Waals surface area contributed by atoms with E-state index in [0.29, 0.717) is 54.5 Å². The van der Waals surface area contributed by atoms with E-state index in [4.69, 9.17) is 0 Å². The summed E-state index contributed by atoms with van der Waals surface area (Å²) in [5, 5.41) is 4.51. The molecule has 14 heteroatoms. The van der Waals surface area contributed by atoms with Gasteiger partial charge in [0.1, 0.15) is 18.3 Å². The Morgan fingerprint density at radius 1 is 0.976 bits per heavy atom. The molecule has 0 bridgehead atoms. The third-order valence-corrected chi connectivity index (χ3v) is 8.85. The number of anilines is 2. The summed E-state index contributed by atoms with van der Waals surface area (Å²) in [5.41, 5.74) is 4.13. The highest BCUT2D eigenvalue weighted by molar-refractivity contribution is 7.91. The van der Waals surface area contributed by atoms with Crippen molar-refractivity contribution in [1.82, 2.24) is 14.8 Å². The second-order valence-corrected chi connectivity index (χ2v) is 11.8. The lowest BCUT2D eigenvalue weighted by Crippen LogP contribution is -2.46. The lowest BCUT2D eigenvalue weighted by Gasteiger charge is -2.37. The molecule has 4 aromatic rings. The van der Waals surface area contributed by atoms with Gasteiger partial charge >= 0.3 is 0 Å². The van der Waals surface area contributed by atoms with Gasteiger partial charge in [0.15, 0.2) is 6.80 Å². The van der Waals surface area contributed by atoms with Crippen molar-refractivity contribution >= 4 is 38.0 Å². The van der Waals surface area contributed by atoms with Crippen molar-refractivity contribution in [3.63, 3.8) is 0 Å². The summed E-state index contributed by atoms with van der Waals surface area (Å²) in [4.78, 5) is 19.4. The zero-order valence-corrected chi connectivity index (χ0v) is 23.4. The predicted octanol–water partition coefficient (Wildman–Crippen LogP) is 3.99. The molecule has 1 aromatic heterocycles. The molecule has 42 heavy (non-hydrogen) atoms. The minimum Gasteiger partial charge on any atom is -0.367 e. The summed E-state index contributed by atoms with van der Waals surface area (Å²) in [6, 6.07) is 10.8. The third-order valence-electron chi connectivity index (χ3n) is 7.12. The lowest BCUT2D eigenvalue weighted by atomic mass is 10.1. The van der Waals surface area contributed by atoms with Gasteiger partial charge in [-0.1, -0.05) is 6.07 Å². The Bertz CT molecular complexity index is 1700. The maximum absolute atomic E-state index is 14.0. The largest absolute Gasteiger partial charge is 0.367 e. The maximum Gasteiger partial charge on any atom is 0.273 e. The number of carbonyl (C=O) groups excluding carboxylic acids is 1. The number of rotatable bonds is 9. The first-order valence-corrected chi connectivity index (χ1v) is 14.5. The van der Waals surface area contributed by atoms with Gasteiger partial charge in [-0.25, -0.2) is 31.4 Å². The molecule has 1 aliphatic rings. The van der Waals surface area contributed by atoms with Gasteiger partial charge in [-0.3, -0.25) is 4.79 Å². The van der Waals surface area contributed by atoms with Gasteiger partial charge in [-0.2, -0.15) is 9.89 Å². The Labute approximate surface area is 239 Å². The highest BCUT2D eigenvalue weighted by Crippen LogP contribution is 2.34. The normalized spacial score (nSPS) is 14.4. The van der Waals surface area contributed by atoms with Crippen molar-refractivity contribution in [2.75, 3.05) is 68.5 Å². The standard InChI is InChI=1S/C28H28F4N6O3S/c1-35-9-11-36(12-10-35)27-24(3-2-4-26(27)37(18-30)8-7-29)28(39)34-38-25-6-5-22(13-19(25)17-33-38)42(40,41)23-15-20(31)14-21(32)16-23/h2-6,13-17H,7-12,18H2,1H3,(H,34,39). The van der Waals surface area contributed by atoms with Crippen LogP contribution in [0.2, 0.25) is 0 Å². The zero-order chi connectivity index (χ0) is 30.0. The number of benzene rings is 3. The first kappa shape index (κ1) is 29.3. The summed E-state index contributed by atoms with van der Waals surface area (Å²) >= 11 is 0. The molecule has 9 nitrogen and oxygen atoms in total. The van der Waals surface area contributed by atoms with Crippen LogP contribution in [0.25, 0.3) is 10.9 Å². The summed E-state index contributed by atoms with van der Waals surface area (Å²) in [7, 11) is -2.27. The lowest BCUT2D eigenvalue weighted by molar-refractivity contribution is 0.101. The SMILES string of the molecule is CN1CCN(c2c(C(=O)Nn3ncc4cc(S(=O)(=O)c5cc(F)cc(F)c5)ccc43)cccc2N(CF)CCF)CC1. The highest BCUT2D eigenvalue weighted by atomic mass is 32.2. The number of halogens is 4. The molecule has 0 atom stereocenters. The molecule has 5 rings (SSSR count). The number of carbonyl (C=O) groups is 1. The summed E-state index contributed by atoms with van der Waals surface area (Å²) < 4.78 is 80.6. The number of para-hydroxylation sites is 1. The summed E-state index contributed by atoms with van der Waals surface area (Å²) in [5.74, 6) is -2.61. The Balaban J connectivity index is 1.48. The van der Waals surface area contributed by atoms with Crippen LogP contribution in [0.1, 0.15) is 10.4 Å². The van der Waals surface area contributed by atoms with E-state index in [-0.39, 0.29) is 17.0 Å². The number of amides is 1. The molecule has 1 N–H and O–H groups in total. The molecule has 1 amide bonds. The smallest absolute Gasteiger partial charge is 0.273 e. The summed E-state index contributed by atoms with van der Waals surface area (Å²) in [6.07, 6.45) is 1.34. The number of nitrogens with one attached hydrogen (secondary N) is 1. The second kappa shape index (κ2) is 12.0. The number of hydrogen-bond acceptors (Lipinski definition) is 7. The van der Waals surface area contributed by atoms with Crippen LogP contribution in [0.15, 0.2) is 70.6 Å². The number of nitrogens with zero attached hydrogens (tertiary/aromatic N) is 5. The molecule has 2 heterocycles. The van der Waals surface area contributed by atoms with E-state index in [1.807, 2.05) is 11.9 Å². The van der Waals surface area contributed by atoms with Gasteiger partial charge in [0, 0.05) is 44.2 Å². The van der Waals surface area contributed by atoms with Crippen LogP contribution >= 0.6 is 0 Å². The fourth-order valence-corrected chi connectivity index (χ4v) is 6.26. The van der Waals surface area contributed by atoms with Crippen LogP contribution in [0.5, 0.6) is 0 Å². The molecule has 1 fully saturated rings. The Morgan fingerprint density at radius 3 is 2.36 bits per heavy atom. The van der Waals surface area contributed by atoms with Gasteiger partial charge in [0.05, 0.1) is 38.4 Å². The van der Waals surface area contributed by atoms with Crippen molar-refractivity contribution in [3.8, 4) is 0 Å². The maximum atomic E-state index is 14.0. The number of piperazine rings is 1. The molecule has 0 unspecified atom stereocenters. The molecule has 1 aliphatic heterocycles.